The monoisotopic (exact) mass is 582 g/mol. The Morgan fingerprint density at radius 2 is 0.952 bits per heavy atom. The van der Waals surface area contributed by atoms with Crippen molar-refractivity contribution in [3.63, 3.8) is 0 Å². The molecule has 0 saturated carbocycles. The van der Waals surface area contributed by atoms with E-state index in [1.165, 1.54) is 11.1 Å². The molecule has 0 saturated heterocycles. The molecular weight excluding hydrogens is 528 g/mol. The summed E-state index contributed by atoms with van der Waals surface area (Å²) >= 11 is 0. The van der Waals surface area contributed by atoms with Crippen LogP contribution in [-0.2, 0) is 20.3 Å². The van der Waals surface area contributed by atoms with Crippen molar-refractivity contribution in [2.45, 2.75) is 145 Å². The summed E-state index contributed by atoms with van der Waals surface area (Å²) in [5.74, 6) is 1.12. The van der Waals surface area contributed by atoms with E-state index in [1.807, 2.05) is 53.7 Å². The highest BCUT2D eigenvalue weighted by atomic mass is 16.7. The first-order chi connectivity index (χ1) is 18.9. The van der Waals surface area contributed by atoms with Gasteiger partial charge >= 0.3 is 12.3 Å². The zero-order chi connectivity index (χ0) is 32.4. The van der Waals surface area contributed by atoms with Gasteiger partial charge in [0.05, 0.1) is 0 Å². The molecule has 2 rings (SSSR count). The van der Waals surface area contributed by atoms with E-state index < -0.39 is 23.5 Å². The molecular formula is C36H54O6. The maximum absolute atomic E-state index is 12.6. The number of hydrogen-bond acceptors (Lipinski definition) is 6. The summed E-state index contributed by atoms with van der Waals surface area (Å²) in [7, 11) is 0. The van der Waals surface area contributed by atoms with Crippen molar-refractivity contribution in [3.05, 3.63) is 57.6 Å². The Morgan fingerprint density at radius 1 is 0.619 bits per heavy atom. The van der Waals surface area contributed by atoms with Crippen LogP contribution in [0.25, 0.3) is 0 Å². The van der Waals surface area contributed by atoms with Gasteiger partial charge in [-0.25, -0.2) is 9.59 Å². The van der Waals surface area contributed by atoms with Crippen LogP contribution in [0.15, 0.2) is 24.3 Å². The third-order valence-corrected chi connectivity index (χ3v) is 6.85. The first-order valence-corrected chi connectivity index (χ1v) is 15.0. The molecule has 0 spiro atoms. The Balaban J connectivity index is 2.71. The molecule has 0 aliphatic carbocycles. The topological polar surface area (TPSA) is 71.1 Å². The van der Waals surface area contributed by atoms with Crippen LogP contribution in [0, 0.1) is 13.8 Å². The lowest BCUT2D eigenvalue weighted by atomic mass is 9.76. The van der Waals surface area contributed by atoms with Crippen LogP contribution in [0.5, 0.6) is 11.5 Å². The average molecular weight is 583 g/mol. The molecule has 0 heterocycles. The van der Waals surface area contributed by atoms with Crippen molar-refractivity contribution in [3.8, 4) is 11.5 Å². The number of aryl methyl sites for hydroxylation is 2. The summed E-state index contributed by atoms with van der Waals surface area (Å²) in [6, 6.07) is 8.30. The fraction of sp³-hybridized carbons (Fsp3) is 0.611. The summed E-state index contributed by atoms with van der Waals surface area (Å²) in [6.45, 7) is 29.9. The molecule has 0 unspecified atom stereocenters. The molecule has 0 radical (unpaired) electrons. The molecule has 0 aliphatic rings. The molecule has 0 amide bonds. The molecule has 0 N–H and O–H groups in total. The third-order valence-electron chi connectivity index (χ3n) is 6.85. The van der Waals surface area contributed by atoms with Crippen LogP contribution >= 0.6 is 0 Å². The maximum atomic E-state index is 12.6. The molecule has 42 heavy (non-hydrogen) atoms. The van der Waals surface area contributed by atoms with Crippen LogP contribution in [-0.4, -0.2) is 23.5 Å². The number of carbonyl (C=O) groups excluding carboxylic acids is 2. The molecule has 234 valence electrons. The van der Waals surface area contributed by atoms with E-state index in [1.54, 1.807) is 0 Å². The molecule has 0 atom stereocenters. The highest BCUT2D eigenvalue weighted by Gasteiger charge is 2.30. The van der Waals surface area contributed by atoms with Gasteiger partial charge in [-0.3, -0.25) is 0 Å². The van der Waals surface area contributed by atoms with E-state index in [0.29, 0.717) is 11.5 Å². The van der Waals surface area contributed by atoms with Crippen LogP contribution in [0.4, 0.5) is 9.59 Å². The van der Waals surface area contributed by atoms with E-state index in [2.05, 4.69) is 74.4 Å². The summed E-state index contributed by atoms with van der Waals surface area (Å²) in [6.07, 6.45) is 0.479. The second-order valence-corrected chi connectivity index (χ2v) is 15.4. The minimum Gasteiger partial charge on any atom is -0.428 e. The van der Waals surface area contributed by atoms with Gasteiger partial charge in [0.25, 0.3) is 0 Å². The Kier molecular flexibility index (Phi) is 10.6. The van der Waals surface area contributed by atoms with Gasteiger partial charge in [0, 0.05) is 17.0 Å². The Bertz CT molecular complexity index is 1180. The van der Waals surface area contributed by atoms with Gasteiger partial charge in [0.1, 0.15) is 22.7 Å². The van der Waals surface area contributed by atoms with Crippen molar-refractivity contribution in [2.75, 3.05) is 0 Å². The summed E-state index contributed by atoms with van der Waals surface area (Å²) in [5, 5.41) is 0. The first-order valence-electron chi connectivity index (χ1n) is 15.0. The van der Waals surface area contributed by atoms with Crippen molar-refractivity contribution in [2.24, 2.45) is 0 Å². The van der Waals surface area contributed by atoms with Crippen molar-refractivity contribution in [1.29, 1.82) is 0 Å². The van der Waals surface area contributed by atoms with E-state index in [0.717, 1.165) is 35.1 Å². The molecule has 0 aromatic heterocycles. The number of carbonyl (C=O) groups is 2. The lowest BCUT2D eigenvalue weighted by Gasteiger charge is -2.30. The molecule has 6 heteroatoms. The van der Waals surface area contributed by atoms with E-state index in [-0.39, 0.29) is 16.7 Å². The molecule has 0 fully saturated rings. The van der Waals surface area contributed by atoms with Gasteiger partial charge in [-0.1, -0.05) is 67.0 Å². The van der Waals surface area contributed by atoms with Gasteiger partial charge in [0.15, 0.2) is 0 Å². The normalized spacial score (nSPS) is 12.8. The van der Waals surface area contributed by atoms with E-state index in [4.69, 9.17) is 18.9 Å². The van der Waals surface area contributed by atoms with Gasteiger partial charge < -0.3 is 18.9 Å². The second kappa shape index (κ2) is 12.7. The van der Waals surface area contributed by atoms with Crippen molar-refractivity contribution < 1.29 is 28.5 Å². The smallest absolute Gasteiger partial charge is 0.428 e. The average Bonchev–Trinajstić information content (AvgIpc) is 2.74. The van der Waals surface area contributed by atoms with Gasteiger partial charge in [-0.05, 0) is 107 Å². The summed E-state index contributed by atoms with van der Waals surface area (Å²) < 4.78 is 22.5. The van der Waals surface area contributed by atoms with Crippen LogP contribution < -0.4 is 9.47 Å². The highest BCUT2D eigenvalue weighted by Crippen LogP contribution is 2.43. The predicted molar refractivity (Wildman–Crippen MR) is 170 cm³/mol. The SMILES string of the molecule is CCCC(c1cc(C(C)(C)C)c(OC(=O)OC(C)(C)C)cc1C)c1cc(C(C)(C)C)c(OC(=O)OC(C)(C)C)cc1C. The van der Waals surface area contributed by atoms with Crippen LogP contribution in [0.3, 0.4) is 0 Å². The lowest BCUT2D eigenvalue weighted by Crippen LogP contribution is -2.27. The third kappa shape index (κ3) is 9.78. The number of ether oxygens (including phenoxy) is 4. The number of hydrogen-bond donors (Lipinski definition) is 0. The Morgan fingerprint density at radius 3 is 1.21 bits per heavy atom. The standard InChI is InChI=1S/C36H54O6/c1-16-17-24(25-20-27(33(4,5)6)29(18-22(25)2)39-31(37)41-35(10,11)12)26-21-28(34(7,8)9)30(19-23(26)3)40-32(38)42-36(13,14)15/h18-21,24H,16-17H2,1-15H3. The zero-order valence-electron chi connectivity index (χ0n) is 28.8. The van der Waals surface area contributed by atoms with Crippen molar-refractivity contribution in [1.82, 2.24) is 0 Å². The number of benzene rings is 2. The van der Waals surface area contributed by atoms with Gasteiger partial charge in [0.2, 0.25) is 0 Å². The van der Waals surface area contributed by atoms with Gasteiger partial charge in [-0.15, -0.1) is 0 Å². The summed E-state index contributed by atoms with van der Waals surface area (Å²) in [4.78, 5) is 25.3. The fourth-order valence-corrected chi connectivity index (χ4v) is 4.98. The Labute approximate surface area is 254 Å². The predicted octanol–water partition coefficient (Wildman–Crippen LogP) is 10.5. The van der Waals surface area contributed by atoms with Crippen LogP contribution in [0.2, 0.25) is 0 Å². The molecule has 0 bridgehead atoms. The molecule has 0 aliphatic heterocycles. The second-order valence-electron chi connectivity index (χ2n) is 15.4. The van der Waals surface area contributed by atoms with E-state index in [9.17, 15) is 9.59 Å². The molecule has 6 nitrogen and oxygen atoms in total. The minimum atomic E-state index is -0.712. The molecule has 2 aromatic rings. The largest absolute Gasteiger partial charge is 0.514 e. The van der Waals surface area contributed by atoms with Crippen LogP contribution in [0.1, 0.15) is 142 Å². The lowest BCUT2D eigenvalue weighted by molar-refractivity contribution is 0.0189. The van der Waals surface area contributed by atoms with Gasteiger partial charge in [-0.2, -0.15) is 0 Å². The Hall–Kier alpha value is -3.02. The summed E-state index contributed by atoms with van der Waals surface area (Å²) in [5.41, 5.74) is 4.44. The fourth-order valence-electron chi connectivity index (χ4n) is 4.98. The highest BCUT2D eigenvalue weighted by molar-refractivity contribution is 5.67. The maximum Gasteiger partial charge on any atom is 0.514 e. The molecule has 2 aromatic carbocycles. The van der Waals surface area contributed by atoms with E-state index >= 15 is 0 Å². The zero-order valence-corrected chi connectivity index (χ0v) is 28.8. The first kappa shape index (κ1) is 35.2. The quantitative estimate of drug-likeness (QED) is 0.249. The van der Waals surface area contributed by atoms with Crippen molar-refractivity contribution >= 4 is 12.3 Å². The minimum absolute atomic E-state index is 0.0864. The number of rotatable bonds is 6.